The summed E-state index contributed by atoms with van der Waals surface area (Å²) in [4.78, 5) is 23.3. The largest absolute Gasteiger partial charge is 0.478 e. The zero-order valence-electron chi connectivity index (χ0n) is 12.8. The number of amides is 1. The third-order valence-electron chi connectivity index (χ3n) is 4.35. The summed E-state index contributed by atoms with van der Waals surface area (Å²) in [6.07, 6.45) is 2.94. The Labute approximate surface area is 135 Å². The number of benzene rings is 2. The Kier molecular flexibility index (Phi) is 4.42. The van der Waals surface area contributed by atoms with Crippen LogP contribution in [0.2, 0.25) is 0 Å². The van der Waals surface area contributed by atoms with E-state index >= 15 is 0 Å². The van der Waals surface area contributed by atoms with Crippen LogP contribution >= 0.6 is 0 Å². The molecule has 1 aliphatic carbocycles. The first-order valence-electron chi connectivity index (χ1n) is 7.83. The third-order valence-corrected chi connectivity index (χ3v) is 4.35. The molecule has 4 nitrogen and oxygen atoms in total. The molecule has 0 fully saturated rings. The van der Waals surface area contributed by atoms with Crippen LogP contribution in [-0.4, -0.2) is 17.0 Å². The van der Waals surface area contributed by atoms with Crippen LogP contribution in [0.25, 0.3) is 0 Å². The fraction of sp³-hybridized carbons (Fsp3) is 0.263. The molecule has 1 atom stereocenters. The Bertz CT molecular complexity index is 722. The second-order valence-corrected chi connectivity index (χ2v) is 5.86. The Morgan fingerprint density at radius 1 is 1.09 bits per heavy atom. The van der Waals surface area contributed by atoms with Gasteiger partial charge in [0.25, 0.3) is 0 Å². The normalized spacial score (nSPS) is 16.4. The maximum Gasteiger partial charge on any atom is 0.335 e. The van der Waals surface area contributed by atoms with Gasteiger partial charge >= 0.3 is 5.97 Å². The van der Waals surface area contributed by atoms with Crippen LogP contribution in [-0.2, 0) is 17.8 Å². The van der Waals surface area contributed by atoms with Crippen molar-refractivity contribution in [3.05, 3.63) is 70.8 Å². The van der Waals surface area contributed by atoms with Crippen molar-refractivity contribution in [2.75, 3.05) is 0 Å². The van der Waals surface area contributed by atoms with Crippen molar-refractivity contribution >= 4 is 11.9 Å². The Hall–Kier alpha value is -2.62. The molecule has 118 valence electrons. The zero-order valence-corrected chi connectivity index (χ0v) is 12.8. The average molecular weight is 309 g/mol. The minimum absolute atomic E-state index is 0.0412. The summed E-state index contributed by atoms with van der Waals surface area (Å²) in [7, 11) is 0. The third kappa shape index (κ3) is 3.42. The molecular weight excluding hydrogens is 290 g/mol. The maximum absolute atomic E-state index is 12.5. The van der Waals surface area contributed by atoms with Gasteiger partial charge in [-0.1, -0.05) is 36.4 Å². The first-order chi connectivity index (χ1) is 11.1. The Morgan fingerprint density at radius 3 is 2.57 bits per heavy atom. The lowest BCUT2D eigenvalue weighted by Crippen LogP contribution is -2.31. The fourth-order valence-electron chi connectivity index (χ4n) is 3.10. The topological polar surface area (TPSA) is 66.4 Å². The molecule has 0 saturated carbocycles. The van der Waals surface area contributed by atoms with Crippen LogP contribution in [0.4, 0.5) is 0 Å². The Balaban J connectivity index is 1.65. The molecule has 0 heterocycles. The van der Waals surface area contributed by atoms with Crippen molar-refractivity contribution in [2.45, 2.75) is 31.7 Å². The van der Waals surface area contributed by atoms with Crippen molar-refractivity contribution in [3.8, 4) is 0 Å². The van der Waals surface area contributed by atoms with E-state index in [1.165, 1.54) is 5.56 Å². The molecule has 1 aliphatic rings. The standard InChI is InChI=1S/C19H19NO3/c21-18(17-7-3-5-14-4-1-2-6-16(14)17)20-12-13-8-10-15(11-9-13)19(22)23/h1-2,4,6,8-11,17H,3,5,7,12H2,(H,20,21)(H,22,23). The highest BCUT2D eigenvalue weighted by atomic mass is 16.4. The summed E-state index contributed by atoms with van der Waals surface area (Å²) in [5, 5.41) is 11.9. The highest BCUT2D eigenvalue weighted by molar-refractivity contribution is 5.87. The van der Waals surface area contributed by atoms with Crippen molar-refractivity contribution < 1.29 is 14.7 Å². The summed E-state index contributed by atoms with van der Waals surface area (Å²) in [5.74, 6) is -0.989. The van der Waals surface area contributed by atoms with E-state index in [9.17, 15) is 9.59 Å². The molecule has 3 rings (SSSR count). The van der Waals surface area contributed by atoms with Gasteiger partial charge < -0.3 is 10.4 Å². The number of fused-ring (bicyclic) bond motifs is 1. The molecule has 1 amide bonds. The monoisotopic (exact) mass is 309 g/mol. The van der Waals surface area contributed by atoms with Gasteiger partial charge in [-0.05, 0) is 48.1 Å². The van der Waals surface area contributed by atoms with E-state index in [1.807, 2.05) is 18.2 Å². The number of carbonyl (C=O) groups excluding carboxylic acids is 1. The minimum atomic E-state index is -0.945. The first-order valence-corrected chi connectivity index (χ1v) is 7.83. The average Bonchev–Trinajstić information content (AvgIpc) is 2.59. The second-order valence-electron chi connectivity index (χ2n) is 5.86. The lowest BCUT2D eigenvalue weighted by atomic mass is 9.82. The van der Waals surface area contributed by atoms with Gasteiger partial charge in [0.2, 0.25) is 5.91 Å². The van der Waals surface area contributed by atoms with Crippen molar-refractivity contribution in [1.82, 2.24) is 5.32 Å². The zero-order chi connectivity index (χ0) is 16.2. The Morgan fingerprint density at radius 2 is 1.83 bits per heavy atom. The number of hydrogen-bond donors (Lipinski definition) is 2. The van der Waals surface area contributed by atoms with Gasteiger partial charge in [-0.25, -0.2) is 4.79 Å². The summed E-state index contributed by atoms with van der Waals surface area (Å²) in [6.45, 7) is 0.414. The number of aromatic carboxylic acids is 1. The minimum Gasteiger partial charge on any atom is -0.478 e. The van der Waals surface area contributed by atoms with E-state index in [2.05, 4.69) is 11.4 Å². The number of aryl methyl sites for hydroxylation is 1. The molecular formula is C19H19NO3. The second kappa shape index (κ2) is 6.65. The van der Waals surface area contributed by atoms with Crippen LogP contribution < -0.4 is 5.32 Å². The lowest BCUT2D eigenvalue weighted by Gasteiger charge is -2.24. The summed E-state index contributed by atoms with van der Waals surface area (Å²) in [5.41, 5.74) is 3.55. The van der Waals surface area contributed by atoms with E-state index in [4.69, 9.17) is 5.11 Å². The van der Waals surface area contributed by atoms with E-state index in [0.29, 0.717) is 6.54 Å². The highest BCUT2D eigenvalue weighted by Gasteiger charge is 2.25. The molecule has 1 unspecified atom stereocenters. The number of rotatable bonds is 4. The predicted octanol–water partition coefficient (Wildman–Crippen LogP) is 3.12. The van der Waals surface area contributed by atoms with Gasteiger partial charge in [-0.3, -0.25) is 4.79 Å². The molecule has 23 heavy (non-hydrogen) atoms. The van der Waals surface area contributed by atoms with Crippen LogP contribution in [0.5, 0.6) is 0 Å². The number of carbonyl (C=O) groups is 2. The summed E-state index contributed by atoms with van der Waals surface area (Å²) >= 11 is 0. The van der Waals surface area contributed by atoms with Crippen molar-refractivity contribution in [3.63, 3.8) is 0 Å². The van der Waals surface area contributed by atoms with Gasteiger partial charge in [-0.15, -0.1) is 0 Å². The van der Waals surface area contributed by atoms with E-state index < -0.39 is 5.97 Å². The van der Waals surface area contributed by atoms with Crippen LogP contribution in [0.15, 0.2) is 48.5 Å². The van der Waals surface area contributed by atoms with E-state index in [0.717, 1.165) is 30.4 Å². The van der Waals surface area contributed by atoms with Crippen LogP contribution in [0, 0.1) is 0 Å². The van der Waals surface area contributed by atoms with Gasteiger partial charge in [0, 0.05) is 6.54 Å². The van der Waals surface area contributed by atoms with Gasteiger partial charge in [-0.2, -0.15) is 0 Å². The molecule has 0 radical (unpaired) electrons. The predicted molar refractivity (Wildman–Crippen MR) is 87.4 cm³/mol. The molecule has 4 heteroatoms. The van der Waals surface area contributed by atoms with Gasteiger partial charge in [0.15, 0.2) is 0 Å². The van der Waals surface area contributed by atoms with Crippen LogP contribution in [0.3, 0.4) is 0 Å². The van der Waals surface area contributed by atoms with Gasteiger partial charge in [0.1, 0.15) is 0 Å². The molecule has 2 N–H and O–H groups in total. The molecule has 2 aromatic carbocycles. The molecule has 0 aromatic heterocycles. The quantitative estimate of drug-likeness (QED) is 0.912. The molecule has 0 aliphatic heterocycles. The lowest BCUT2D eigenvalue weighted by molar-refractivity contribution is -0.123. The SMILES string of the molecule is O=C(O)c1ccc(CNC(=O)C2CCCc3ccccc32)cc1. The fourth-order valence-corrected chi connectivity index (χ4v) is 3.10. The van der Waals surface area contributed by atoms with Gasteiger partial charge in [0.05, 0.1) is 11.5 Å². The smallest absolute Gasteiger partial charge is 0.335 e. The van der Waals surface area contributed by atoms with Crippen LogP contribution in [0.1, 0.15) is 45.8 Å². The molecule has 0 bridgehead atoms. The molecule has 0 spiro atoms. The highest BCUT2D eigenvalue weighted by Crippen LogP contribution is 2.31. The summed E-state index contributed by atoms with van der Waals surface area (Å²) in [6, 6.07) is 14.7. The number of carboxylic acid groups (broad SMARTS) is 1. The number of carboxylic acids is 1. The van der Waals surface area contributed by atoms with E-state index in [1.54, 1.807) is 24.3 Å². The van der Waals surface area contributed by atoms with Crippen molar-refractivity contribution in [1.29, 1.82) is 0 Å². The molecule has 2 aromatic rings. The summed E-state index contributed by atoms with van der Waals surface area (Å²) < 4.78 is 0. The molecule has 0 saturated heterocycles. The maximum atomic E-state index is 12.5. The van der Waals surface area contributed by atoms with Crippen molar-refractivity contribution in [2.24, 2.45) is 0 Å². The van der Waals surface area contributed by atoms with E-state index in [-0.39, 0.29) is 17.4 Å². The number of nitrogens with one attached hydrogen (secondary N) is 1. The first kappa shape index (κ1) is 15.3. The number of hydrogen-bond acceptors (Lipinski definition) is 2.